The second kappa shape index (κ2) is 12.3. The summed E-state index contributed by atoms with van der Waals surface area (Å²) in [6.45, 7) is 6.93. The van der Waals surface area contributed by atoms with Gasteiger partial charge in [0.2, 0.25) is 5.91 Å². The maximum atomic E-state index is 13.3. The fraction of sp³-hybridized carbons (Fsp3) is 0.458. The summed E-state index contributed by atoms with van der Waals surface area (Å²) in [5, 5.41) is 2.93. The molecule has 0 aromatic heterocycles. The van der Waals surface area contributed by atoms with Crippen molar-refractivity contribution in [1.29, 1.82) is 0 Å². The molecule has 2 rings (SSSR count). The zero-order chi connectivity index (χ0) is 22.7. The van der Waals surface area contributed by atoms with Crippen molar-refractivity contribution in [3.8, 4) is 5.75 Å². The summed E-state index contributed by atoms with van der Waals surface area (Å²) in [5.74, 6) is 0.728. The Morgan fingerprint density at radius 2 is 1.71 bits per heavy atom. The van der Waals surface area contributed by atoms with Crippen molar-refractivity contribution < 1.29 is 17.9 Å². The Hall–Kier alpha value is -2.54. The molecule has 1 amide bonds. The predicted octanol–water partition coefficient (Wildman–Crippen LogP) is 4.61. The van der Waals surface area contributed by atoms with Crippen molar-refractivity contribution >= 4 is 21.6 Å². The SMILES string of the molecule is CCCC[C@H](CC)CNC(=O)CN(c1ccc(OCC)cc1)S(=O)(=O)c1ccccc1. The Balaban J connectivity index is 2.22. The highest BCUT2D eigenvalue weighted by atomic mass is 32.2. The van der Waals surface area contributed by atoms with E-state index in [1.54, 1.807) is 42.5 Å². The van der Waals surface area contributed by atoms with E-state index in [-0.39, 0.29) is 17.3 Å². The Bertz CT molecular complexity index is 899. The van der Waals surface area contributed by atoms with E-state index in [4.69, 9.17) is 4.74 Å². The van der Waals surface area contributed by atoms with Crippen LogP contribution in [-0.4, -0.2) is 34.0 Å². The number of carbonyl (C=O) groups excluding carboxylic acids is 1. The van der Waals surface area contributed by atoms with Gasteiger partial charge < -0.3 is 10.1 Å². The highest BCUT2D eigenvalue weighted by Crippen LogP contribution is 2.25. The van der Waals surface area contributed by atoms with Gasteiger partial charge in [0.1, 0.15) is 12.3 Å². The van der Waals surface area contributed by atoms with Gasteiger partial charge in [-0.05, 0) is 55.7 Å². The predicted molar refractivity (Wildman–Crippen MR) is 125 cm³/mol. The average molecular weight is 447 g/mol. The molecule has 6 nitrogen and oxygen atoms in total. The van der Waals surface area contributed by atoms with Crippen molar-refractivity contribution in [1.82, 2.24) is 5.32 Å². The molecular formula is C24H34N2O4S. The van der Waals surface area contributed by atoms with Gasteiger partial charge in [-0.3, -0.25) is 9.10 Å². The van der Waals surface area contributed by atoms with Gasteiger partial charge in [0.05, 0.1) is 17.2 Å². The van der Waals surface area contributed by atoms with E-state index < -0.39 is 10.0 Å². The molecule has 0 aliphatic rings. The topological polar surface area (TPSA) is 75.7 Å². The largest absolute Gasteiger partial charge is 0.494 e. The molecule has 0 radical (unpaired) electrons. The molecule has 7 heteroatoms. The summed E-state index contributed by atoms with van der Waals surface area (Å²) in [6.07, 6.45) is 4.27. The molecule has 1 atom stereocenters. The number of ether oxygens (including phenoxy) is 1. The summed E-state index contributed by atoms with van der Waals surface area (Å²) >= 11 is 0. The minimum absolute atomic E-state index is 0.145. The molecular weight excluding hydrogens is 412 g/mol. The smallest absolute Gasteiger partial charge is 0.264 e. The Morgan fingerprint density at radius 3 is 2.29 bits per heavy atom. The van der Waals surface area contributed by atoms with Crippen LogP contribution in [0.3, 0.4) is 0 Å². The third-order valence-electron chi connectivity index (χ3n) is 5.19. The highest BCUT2D eigenvalue weighted by Gasteiger charge is 2.27. The van der Waals surface area contributed by atoms with Crippen molar-refractivity contribution in [2.24, 2.45) is 5.92 Å². The third kappa shape index (κ3) is 7.28. The number of nitrogens with zero attached hydrogens (tertiary/aromatic N) is 1. The van der Waals surface area contributed by atoms with Crippen LogP contribution < -0.4 is 14.4 Å². The molecule has 0 bridgehead atoms. The number of rotatable bonds is 13. The van der Waals surface area contributed by atoms with Gasteiger partial charge in [0.25, 0.3) is 10.0 Å². The Kier molecular flexibility index (Phi) is 9.85. The van der Waals surface area contributed by atoms with Crippen LogP contribution in [-0.2, 0) is 14.8 Å². The monoisotopic (exact) mass is 446 g/mol. The number of unbranched alkanes of at least 4 members (excludes halogenated alkanes) is 1. The molecule has 0 saturated heterocycles. The second-order valence-electron chi connectivity index (χ2n) is 7.47. The fourth-order valence-corrected chi connectivity index (χ4v) is 4.74. The number of anilines is 1. The number of sulfonamides is 1. The summed E-state index contributed by atoms with van der Waals surface area (Å²) < 4.78 is 33.3. The first-order chi connectivity index (χ1) is 14.9. The molecule has 0 unspecified atom stereocenters. The fourth-order valence-electron chi connectivity index (χ4n) is 3.30. The van der Waals surface area contributed by atoms with Crippen LogP contribution in [0, 0.1) is 5.92 Å². The summed E-state index contributed by atoms with van der Waals surface area (Å²) in [5.41, 5.74) is 0.417. The number of hydrogen-bond donors (Lipinski definition) is 1. The van der Waals surface area contributed by atoms with Crippen molar-refractivity contribution in [2.75, 3.05) is 24.0 Å². The van der Waals surface area contributed by atoms with Crippen LogP contribution in [0.4, 0.5) is 5.69 Å². The first-order valence-electron chi connectivity index (χ1n) is 11.0. The van der Waals surface area contributed by atoms with Gasteiger partial charge >= 0.3 is 0 Å². The summed E-state index contributed by atoms with van der Waals surface area (Å²) in [4.78, 5) is 12.9. The maximum Gasteiger partial charge on any atom is 0.264 e. The summed E-state index contributed by atoms with van der Waals surface area (Å²) in [6, 6.07) is 14.9. The van der Waals surface area contributed by atoms with E-state index in [1.807, 2.05) is 6.92 Å². The first-order valence-corrected chi connectivity index (χ1v) is 12.4. The molecule has 1 N–H and O–H groups in total. The van der Waals surface area contributed by atoms with Crippen LogP contribution in [0.5, 0.6) is 5.75 Å². The van der Waals surface area contributed by atoms with E-state index in [0.717, 1.165) is 30.0 Å². The minimum Gasteiger partial charge on any atom is -0.494 e. The zero-order valence-electron chi connectivity index (χ0n) is 18.7. The Labute approximate surface area is 186 Å². The molecule has 0 aliphatic carbocycles. The minimum atomic E-state index is -3.90. The molecule has 2 aromatic rings. The number of hydrogen-bond acceptors (Lipinski definition) is 4. The van der Waals surface area contributed by atoms with E-state index >= 15 is 0 Å². The number of benzene rings is 2. The van der Waals surface area contributed by atoms with Crippen LogP contribution >= 0.6 is 0 Å². The summed E-state index contributed by atoms with van der Waals surface area (Å²) in [7, 11) is -3.90. The van der Waals surface area contributed by atoms with Gasteiger partial charge in [-0.15, -0.1) is 0 Å². The maximum absolute atomic E-state index is 13.3. The molecule has 170 valence electrons. The standard InChI is InChI=1S/C24H34N2O4S/c1-4-7-11-20(5-2)18-25-24(27)19-26(21-14-16-22(17-15-21)30-6-3)31(28,29)23-12-9-8-10-13-23/h8-10,12-17,20H,4-7,11,18-19H2,1-3H3,(H,25,27)/t20-/m0/s1. The molecule has 0 fully saturated rings. The van der Waals surface area contributed by atoms with Crippen LogP contribution in [0.15, 0.2) is 59.5 Å². The van der Waals surface area contributed by atoms with Crippen molar-refractivity contribution in [3.05, 3.63) is 54.6 Å². The second-order valence-corrected chi connectivity index (χ2v) is 9.33. The van der Waals surface area contributed by atoms with Crippen molar-refractivity contribution in [3.63, 3.8) is 0 Å². The lowest BCUT2D eigenvalue weighted by atomic mass is 9.99. The molecule has 0 saturated carbocycles. The lowest BCUT2D eigenvalue weighted by Gasteiger charge is -2.25. The Morgan fingerprint density at radius 1 is 1.03 bits per heavy atom. The number of nitrogens with one attached hydrogen (secondary N) is 1. The zero-order valence-corrected chi connectivity index (χ0v) is 19.5. The lowest BCUT2D eigenvalue weighted by Crippen LogP contribution is -2.42. The quantitative estimate of drug-likeness (QED) is 0.487. The van der Waals surface area contributed by atoms with Crippen molar-refractivity contribution in [2.45, 2.75) is 51.3 Å². The van der Waals surface area contributed by atoms with Gasteiger partial charge in [-0.2, -0.15) is 0 Å². The van der Waals surface area contributed by atoms with E-state index in [9.17, 15) is 13.2 Å². The van der Waals surface area contributed by atoms with Crippen LogP contribution in [0.2, 0.25) is 0 Å². The number of carbonyl (C=O) groups is 1. The van der Waals surface area contributed by atoms with Gasteiger partial charge in [0.15, 0.2) is 0 Å². The van der Waals surface area contributed by atoms with Gasteiger partial charge in [-0.25, -0.2) is 8.42 Å². The van der Waals surface area contributed by atoms with E-state index in [0.29, 0.717) is 30.5 Å². The highest BCUT2D eigenvalue weighted by molar-refractivity contribution is 7.92. The molecule has 2 aromatic carbocycles. The molecule has 0 heterocycles. The van der Waals surface area contributed by atoms with Crippen LogP contribution in [0.1, 0.15) is 46.5 Å². The van der Waals surface area contributed by atoms with Gasteiger partial charge in [-0.1, -0.05) is 51.3 Å². The van der Waals surface area contributed by atoms with E-state index in [2.05, 4.69) is 19.2 Å². The molecule has 31 heavy (non-hydrogen) atoms. The molecule has 0 spiro atoms. The average Bonchev–Trinajstić information content (AvgIpc) is 2.79. The third-order valence-corrected chi connectivity index (χ3v) is 6.97. The molecule has 0 aliphatic heterocycles. The normalized spacial score (nSPS) is 12.2. The first kappa shape index (κ1) is 24.7. The van der Waals surface area contributed by atoms with E-state index in [1.165, 1.54) is 12.1 Å². The lowest BCUT2D eigenvalue weighted by molar-refractivity contribution is -0.119. The van der Waals surface area contributed by atoms with Gasteiger partial charge in [0, 0.05) is 6.54 Å². The number of amides is 1. The van der Waals surface area contributed by atoms with Crippen LogP contribution in [0.25, 0.3) is 0 Å².